The molecule has 1 aromatic heterocycles. The van der Waals surface area contributed by atoms with Crippen LogP contribution in [0.1, 0.15) is 42.4 Å². The topological polar surface area (TPSA) is 47.4 Å². The van der Waals surface area contributed by atoms with Crippen LogP contribution in [0.15, 0.2) is 36.4 Å². The smallest absolute Gasteiger partial charge is 0.272 e. The van der Waals surface area contributed by atoms with Crippen molar-refractivity contribution < 1.29 is 9.53 Å². The number of amides is 1. The van der Waals surface area contributed by atoms with Crippen molar-refractivity contribution in [2.45, 2.75) is 45.4 Å². The molecule has 0 bridgehead atoms. The summed E-state index contributed by atoms with van der Waals surface area (Å²) in [4.78, 5) is 15.0. The molecule has 25 heavy (non-hydrogen) atoms. The Morgan fingerprint density at radius 2 is 2.08 bits per heavy atom. The van der Waals surface area contributed by atoms with Gasteiger partial charge in [0.1, 0.15) is 23.7 Å². The van der Waals surface area contributed by atoms with Gasteiger partial charge in [-0.25, -0.2) is 0 Å². The van der Waals surface area contributed by atoms with Gasteiger partial charge in [0.2, 0.25) is 0 Å². The summed E-state index contributed by atoms with van der Waals surface area (Å²) in [6.45, 7) is 4.32. The lowest BCUT2D eigenvalue weighted by Crippen LogP contribution is -2.46. The zero-order chi connectivity index (χ0) is 17.0. The molecule has 2 aliphatic carbocycles. The van der Waals surface area contributed by atoms with Crippen LogP contribution in [0.25, 0.3) is 0 Å². The number of fused-ring (bicyclic) bond motifs is 2. The summed E-state index contributed by atoms with van der Waals surface area (Å²) in [6, 6.07) is 12.0. The molecule has 3 aliphatic rings. The van der Waals surface area contributed by atoms with Gasteiger partial charge in [-0.3, -0.25) is 9.48 Å². The van der Waals surface area contributed by atoms with Crippen LogP contribution in [0.4, 0.5) is 0 Å². The number of ether oxygens (including phenoxy) is 1. The maximum Gasteiger partial charge on any atom is 0.272 e. The molecule has 3 atom stereocenters. The highest BCUT2D eigenvalue weighted by atomic mass is 16.5. The number of nitrogens with zero attached hydrogens (tertiary/aromatic N) is 3. The molecule has 1 aromatic carbocycles. The normalized spacial score (nSPS) is 30.1. The van der Waals surface area contributed by atoms with Gasteiger partial charge in [0, 0.05) is 12.6 Å². The highest BCUT2D eigenvalue weighted by molar-refractivity contribution is 5.93. The maximum atomic E-state index is 12.9. The van der Waals surface area contributed by atoms with Gasteiger partial charge in [-0.15, -0.1) is 0 Å². The van der Waals surface area contributed by atoms with Crippen LogP contribution in [0.5, 0.6) is 5.75 Å². The van der Waals surface area contributed by atoms with E-state index in [2.05, 4.69) is 16.9 Å². The Balaban J connectivity index is 1.29. The Morgan fingerprint density at radius 1 is 1.24 bits per heavy atom. The summed E-state index contributed by atoms with van der Waals surface area (Å²) in [5.74, 6) is 1.80. The van der Waals surface area contributed by atoms with Crippen LogP contribution in [0, 0.1) is 11.3 Å². The van der Waals surface area contributed by atoms with E-state index in [1.807, 2.05) is 41.1 Å². The van der Waals surface area contributed by atoms with E-state index in [4.69, 9.17) is 4.74 Å². The molecule has 2 aromatic rings. The summed E-state index contributed by atoms with van der Waals surface area (Å²) >= 11 is 0. The Hall–Kier alpha value is -2.30. The minimum absolute atomic E-state index is 0.139. The van der Waals surface area contributed by atoms with Crippen LogP contribution in [0.3, 0.4) is 0 Å². The fraction of sp³-hybridized carbons (Fsp3) is 0.500. The fourth-order valence-electron chi connectivity index (χ4n) is 4.67. The van der Waals surface area contributed by atoms with Crippen LogP contribution >= 0.6 is 0 Å². The summed E-state index contributed by atoms with van der Waals surface area (Å²) < 4.78 is 7.61. The molecule has 5 heteroatoms. The Bertz CT molecular complexity index is 816. The van der Waals surface area contributed by atoms with Crippen LogP contribution < -0.4 is 4.74 Å². The van der Waals surface area contributed by atoms with E-state index < -0.39 is 0 Å². The SMILES string of the molecule is C[C@@]12CC(N3CCn4nc(COc5ccccc5)cc4C3=O)C[C@@H]1C2. The first-order chi connectivity index (χ1) is 12.1. The van der Waals surface area contributed by atoms with Gasteiger partial charge in [0.05, 0.1) is 6.54 Å². The van der Waals surface area contributed by atoms with Gasteiger partial charge in [-0.1, -0.05) is 25.1 Å². The van der Waals surface area contributed by atoms with E-state index in [1.54, 1.807) is 0 Å². The Morgan fingerprint density at radius 3 is 2.84 bits per heavy atom. The van der Waals surface area contributed by atoms with Crippen molar-refractivity contribution in [3.8, 4) is 5.75 Å². The van der Waals surface area contributed by atoms with Crippen molar-refractivity contribution in [3.63, 3.8) is 0 Å². The number of para-hydroxylation sites is 1. The zero-order valence-corrected chi connectivity index (χ0v) is 14.5. The number of aromatic nitrogens is 2. The molecular formula is C20H23N3O2. The highest BCUT2D eigenvalue weighted by Gasteiger charge is 2.58. The molecule has 0 N–H and O–H groups in total. The minimum Gasteiger partial charge on any atom is -0.487 e. The second kappa shape index (κ2) is 5.35. The Labute approximate surface area is 147 Å². The molecular weight excluding hydrogens is 314 g/mol. The summed E-state index contributed by atoms with van der Waals surface area (Å²) in [5.41, 5.74) is 2.04. The lowest BCUT2D eigenvalue weighted by Gasteiger charge is -2.33. The van der Waals surface area contributed by atoms with Crippen LogP contribution in [0.2, 0.25) is 0 Å². The van der Waals surface area contributed by atoms with Gasteiger partial charge in [-0.05, 0) is 48.8 Å². The van der Waals surface area contributed by atoms with Crippen molar-refractivity contribution in [2.24, 2.45) is 11.3 Å². The summed E-state index contributed by atoms with van der Waals surface area (Å²) in [5, 5.41) is 4.56. The van der Waals surface area contributed by atoms with Crippen molar-refractivity contribution in [3.05, 3.63) is 47.8 Å². The first kappa shape index (κ1) is 15.0. The molecule has 2 fully saturated rings. The molecule has 2 saturated carbocycles. The van der Waals surface area contributed by atoms with Gasteiger partial charge in [-0.2, -0.15) is 5.10 Å². The molecule has 1 aliphatic heterocycles. The molecule has 1 unspecified atom stereocenters. The average molecular weight is 337 g/mol. The van der Waals surface area contributed by atoms with E-state index >= 15 is 0 Å². The van der Waals surface area contributed by atoms with E-state index in [9.17, 15) is 4.79 Å². The first-order valence-electron chi connectivity index (χ1n) is 9.18. The number of hydrogen-bond acceptors (Lipinski definition) is 3. The molecule has 2 heterocycles. The van der Waals surface area contributed by atoms with Gasteiger partial charge < -0.3 is 9.64 Å². The fourth-order valence-corrected chi connectivity index (χ4v) is 4.67. The molecule has 0 radical (unpaired) electrons. The number of hydrogen-bond donors (Lipinski definition) is 0. The Kier molecular flexibility index (Phi) is 3.21. The third-order valence-corrected chi connectivity index (χ3v) is 6.23. The molecule has 1 amide bonds. The van der Waals surface area contributed by atoms with E-state index in [-0.39, 0.29) is 5.91 Å². The number of benzene rings is 1. The van der Waals surface area contributed by atoms with Crippen molar-refractivity contribution in [2.75, 3.05) is 6.54 Å². The summed E-state index contributed by atoms with van der Waals surface area (Å²) in [6.07, 6.45) is 3.70. The third kappa shape index (κ3) is 2.53. The minimum atomic E-state index is 0.139. The predicted molar refractivity (Wildman–Crippen MR) is 93.3 cm³/mol. The number of carbonyl (C=O) groups is 1. The van der Waals surface area contributed by atoms with Crippen LogP contribution in [-0.2, 0) is 13.2 Å². The highest BCUT2D eigenvalue weighted by Crippen LogP contribution is 2.64. The largest absolute Gasteiger partial charge is 0.487 e. The molecule has 130 valence electrons. The maximum absolute atomic E-state index is 12.9. The quantitative estimate of drug-likeness (QED) is 0.861. The monoisotopic (exact) mass is 337 g/mol. The molecule has 0 spiro atoms. The van der Waals surface area contributed by atoms with E-state index in [0.717, 1.165) is 30.5 Å². The number of rotatable bonds is 4. The van der Waals surface area contributed by atoms with Gasteiger partial charge >= 0.3 is 0 Å². The second-order valence-corrected chi connectivity index (χ2v) is 7.99. The average Bonchev–Trinajstić information content (AvgIpc) is 2.96. The van der Waals surface area contributed by atoms with Crippen LogP contribution in [-0.4, -0.2) is 33.2 Å². The van der Waals surface area contributed by atoms with Crippen molar-refractivity contribution in [1.29, 1.82) is 0 Å². The lowest BCUT2D eigenvalue weighted by atomic mass is 10.0. The third-order valence-electron chi connectivity index (χ3n) is 6.23. The second-order valence-electron chi connectivity index (χ2n) is 7.99. The van der Waals surface area contributed by atoms with Crippen molar-refractivity contribution >= 4 is 5.91 Å². The van der Waals surface area contributed by atoms with Gasteiger partial charge in [0.25, 0.3) is 5.91 Å². The standard InChI is InChI=1S/C20H23N3O2/c1-20-11-14(20)9-16(12-20)22-7-8-23-18(19(22)24)10-15(21-23)13-25-17-5-3-2-4-6-17/h2-6,10,14,16H,7-9,11-13H2,1H3/t14-,16?,20-/m1/s1. The van der Waals surface area contributed by atoms with E-state index in [0.29, 0.717) is 23.8 Å². The molecule has 0 saturated heterocycles. The number of carbonyl (C=O) groups excluding carboxylic acids is 1. The molecule has 5 nitrogen and oxygen atoms in total. The first-order valence-corrected chi connectivity index (χ1v) is 9.18. The predicted octanol–water partition coefficient (Wildman–Crippen LogP) is 3.11. The van der Waals surface area contributed by atoms with Crippen molar-refractivity contribution in [1.82, 2.24) is 14.7 Å². The molecule has 5 rings (SSSR count). The lowest BCUT2D eigenvalue weighted by molar-refractivity contribution is 0.0596. The van der Waals surface area contributed by atoms with Gasteiger partial charge in [0.15, 0.2) is 0 Å². The zero-order valence-electron chi connectivity index (χ0n) is 14.5. The summed E-state index contributed by atoms with van der Waals surface area (Å²) in [7, 11) is 0. The van der Waals surface area contributed by atoms with E-state index in [1.165, 1.54) is 19.3 Å².